The largest absolute Gasteiger partial charge is 0.435 e. The molecule has 44 heavy (non-hydrogen) atoms. The van der Waals surface area contributed by atoms with Crippen LogP contribution in [0.5, 0.6) is 11.6 Å². The van der Waals surface area contributed by atoms with Crippen LogP contribution in [0.3, 0.4) is 0 Å². The molecule has 3 N–H and O–H groups in total. The third kappa shape index (κ3) is 5.18. The number of Topliss-reactive ketones (excluding diaryl/α,β-unsaturated/α-hetero) is 1. The summed E-state index contributed by atoms with van der Waals surface area (Å²) in [7, 11) is 0. The van der Waals surface area contributed by atoms with E-state index in [1.54, 1.807) is 53.0 Å². The Bertz CT molecular complexity index is 1870. The number of hydrogen-bond donors (Lipinski definition) is 2. The van der Waals surface area contributed by atoms with Gasteiger partial charge in [0.2, 0.25) is 5.88 Å². The van der Waals surface area contributed by atoms with Crippen LogP contribution in [0.4, 0.5) is 10.1 Å². The number of allylic oxidation sites excluding steroid dienone is 3. The van der Waals surface area contributed by atoms with Gasteiger partial charge in [0.1, 0.15) is 5.82 Å². The van der Waals surface area contributed by atoms with Gasteiger partial charge in [0.05, 0.1) is 45.9 Å². The van der Waals surface area contributed by atoms with Crippen molar-refractivity contribution in [2.75, 3.05) is 5.43 Å². The lowest BCUT2D eigenvalue weighted by Crippen LogP contribution is -2.44. The topological polar surface area (TPSA) is 109 Å². The molecule has 3 aromatic carbocycles. The molecule has 222 valence electrons. The number of nitrogens with zero attached hydrogens (tertiary/aromatic N) is 4. The molecule has 10 heteroatoms. The van der Waals surface area contributed by atoms with Crippen molar-refractivity contribution in [3.8, 4) is 23.4 Å². The molecule has 6 rings (SSSR count). The molecule has 0 radical (unpaired) electrons. The molecule has 1 aliphatic carbocycles. The average molecular weight is 609 g/mol. The van der Waals surface area contributed by atoms with E-state index in [2.05, 4.69) is 11.5 Å². The van der Waals surface area contributed by atoms with Crippen LogP contribution in [0, 0.1) is 29.5 Å². The minimum absolute atomic E-state index is 0.0200. The number of carbonyl (C=O) groups is 1. The molecule has 8 nitrogen and oxygen atoms in total. The molecule has 1 aromatic heterocycles. The third-order valence-corrected chi connectivity index (χ3v) is 8.11. The summed E-state index contributed by atoms with van der Waals surface area (Å²) < 4.78 is 22.8. The molecule has 1 aliphatic heterocycles. The molecule has 1 unspecified atom stereocenters. The minimum Gasteiger partial charge on any atom is -0.435 e. The van der Waals surface area contributed by atoms with Gasteiger partial charge in [0.15, 0.2) is 17.3 Å². The Kier molecular flexibility index (Phi) is 7.39. The second-order valence-electron chi connectivity index (χ2n) is 11.7. The number of ketones is 1. The molecule has 0 amide bonds. The highest BCUT2D eigenvalue weighted by atomic mass is 35.5. The molecule has 2 heterocycles. The maximum absolute atomic E-state index is 15.0. The van der Waals surface area contributed by atoms with Crippen molar-refractivity contribution in [1.82, 2.24) is 14.8 Å². The number of ether oxygens (including phenoxy) is 1. The summed E-state index contributed by atoms with van der Waals surface area (Å²) in [5.41, 5.74) is 13.2. The first kappa shape index (κ1) is 29.0. The Hall–Kier alpha value is -5.07. The van der Waals surface area contributed by atoms with Crippen molar-refractivity contribution < 1.29 is 13.9 Å². The van der Waals surface area contributed by atoms with E-state index in [0.29, 0.717) is 45.3 Å². The number of anilines is 1. The number of para-hydroxylation sites is 2. The molecule has 0 saturated heterocycles. The van der Waals surface area contributed by atoms with Gasteiger partial charge in [-0.2, -0.15) is 10.4 Å². The predicted molar refractivity (Wildman–Crippen MR) is 166 cm³/mol. The van der Waals surface area contributed by atoms with Crippen LogP contribution in [-0.4, -0.2) is 20.6 Å². The lowest BCUT2D eigenvalue weighted by Gasteiger charge is -2.43. The van der Waals surface area contributed by atoms with E-state index in [4.69, 9.17) is 27.2 Å². The van der Waals surface area contributed by atoms with Crippen molar-refractivity contribution in [2.45, 2.75) is 39.5 Å². The molecular formula is C34H30ClFN6O2. The number of aromatic nitrogens is 2. The monoisotopic (exact) mass is 608 g/mol. The van der Waals surface area contributed by atoms with Gasteiger partial charge in [-0.1, -0.05) is 55.8 Å². The number of hydrazine groups is 1. The molecule has 0 spiro atoms. The second kappa shape index (κ2) is 11.2. The van der Waals surface area contributed by atoms with E-state index < -0.39 is 11.7 Å². The van der Waals surface area contributed by atoms with Gasteiger partial charge in [-0.15, -0.1) is 0 Å². The Morgan fingerprint density at radius 2 is 1.75 bits per heavy atom. The molecule has 0 fully saturated rings. The van der Waals surface area contributed by atoms with Crippen LogP contribution in [0.1, 0.15) is 43.9 Å². The Labute approximate surface area is 259 Å². The number of halogens is 2. The Morgan fingerprint density at radius 3 is 2.43 bits per heavy atom. The zero-order valence-electron chi connectivity index (χ0n) is 24.4. The van der Waals surface area contributed by atoms with Gasteiger partial charge in [-0.3, -0.25) is 10.2 Å². The fraction of sp³-hybridized carbons (Fsp3) is 0.206. The van der Waals surface area contributed by atoms with Crippen molar-refractivity contribution in [1.29, 1.82) is 5.26 Å². The SMILES string of the molecule is Cc1nn(-c2ccccc2)c(Oc2ccccc2F)c1C1C(C#N)=C(N)N(Nc2ccc(Cl)cc2)C2=C1C(=O)CC(C)(C)C2. The molecule has 1 atom stereocenters. The number of benzene rings is 3. The predicted octanol–water partition coefficient (Wildman–Crippen LogP) is 7.53. The lowest BCUT2D eigenvalue weighted by atomic mass is 9.69. The number of aryl methyl sites for hydroxylation is 1. The summed E-state index contributed by atoms with van der Waals surface area (Å²) in [6.45, 7) is 5.83. The van der Waals surface area contributed by atoms with Crippen LogP contribution in [0.15, 0.2) is 102 Å². The highest BCUT2D eigenvalue weighted by Crippen LogP contribution is 2.52. The summed E-state index contributed by atoms with van der Waals surface area (Å²) in [6.07, 6.45) is 0.769. The zero-order chi connectivity index (χ0) is 31.2. The highest BCUT2D eigenvalue weighted by molar-refractivity contribution is 6.30. The quantitative estimate of drug-likeness (QED) is 0.233. The van der Waals surface area contributed by atoms with Gasteiger partial charge in [-0.05, 0) is 67.3 Å². The van der Waals surface area contributed by atoms with Gasteiger partial charge in [0.25, 0.3) is 0 Å². The van der Waals surface area contributed by atoms with Crippen LogP contribution in [0.2, 0.25) is 5.02 Å². The maximum atomic E-state index is 15.0. The summed E-state index contributed by atoms with van der Waals surface area (Å²) in [5, 5.41) is 17.6. The first-order chi connectivity index (χ1) is 21.1. The number of carbonyl (C=O) groups excluding carboxylic acids is 1. The van der Waals surface area contributed by atoms with Gasteiger partial charge in [0, 0.05) is 17.0 Å². The molecule has 0 bridgehead atoms. The van der Waals surface area contributed by atoms with Crippen molar-refractivity contribution in [3.63, 3.8) is 0 Å². The first-order valence-electron chi connectivity index (χ1n) is 14.1. The van der Waals surface area contributed by atoms with Gasteiger partial charge >= 0.3 is 0 Å². The molecular weight excluding hydrogens is 579 g/mol. The normalized spacial score (nSPS) is 17.8. The summed E-state index contributed by atoms with van der Waals surface area (Å²) in [4.78, 5) is 14.1. The van der Waals surface area contributed by atoms with Crippen molar-refractivity contribution in [2.24, 2.45) is 11.1 Å². The summed E-state index contributed by atoms with van der Waals surface area (Å²) >= 11 is 6.11. The molecule has 4 aromatic rings. The smallest absolute Gasteiger partial charge is 0.227 e. The van der Waals surface area contributed by atoms with Crippen LogP contribution < -0.4 is 15.9 Å². The maximum Gasteiger partial charge on any atom is 0.227 e. The van der Waals surface area contributed by atoms with Gasteiger partial charge in [-0.25, -0.2) is 14.1 Å². The Balaban J connectivity index is 1.60. The van der Waals surface area contributed by atoms with Crippen LogP contribution in [-0.2, 0) is 4.79 Å². The average Bonchev–Trinajstić information content (AvgIpc) is 3.31. The van der Waals surface area contributed by atoms with E-state index in [0.717, 1.165) is 0 Å². The van der Waals surface area contributed by atoms with E-state index in [-0.39, 0.29) is 40.6 Å². The summed E-state index contributed by atoms with van der Waals surface area (Å²) in [6, 6.07) is 24.7. The number of hydrogen-bond acceptors (Lipinski definition) is 7. The number of rotatable bonds is 6. The highest BCUT2D eigenvalue weighted by Gasteiger charge is 2.47. The minimum atomic E-state index is -0.902. The first-order valence-corrected chi connectivity index (χ1v) is 14.5. The number of nitrogens with two attached hydrogens (primary N) is 1. The fourth-order valence-corrected chi connectivity index (χ4v) is 6.03. The van der Waals surface area contributed by atoms with Gasteiger partial charge < -0.3 is 10.5 Å². The van der Waals surface area contributed by atoms with Crippen LogP contribution >= 0.6 is 11.6 Å². The Morgan fingerprint density at radius 1 is 1.07 bits per heavy atom. The summed E-state index contributed by atoms with van der Waals surface area (Å²) in [5.74, 6) is -1.28. The molecule has 0 saturated carbocycles. The van der Waals surface area contributed by atoms with E-state index in [9.17, 15) is 14.4 Å². The standard InChI is InChI=1S/C34H30ClFN6O2/c1-20-29(33(44-28-12-8-7-11-25(28)36)41(39-20)23-9-5-4-6-10-23)30-24(19-37)32(38)42(40-22-15-13-21(35)14-16-22)26-17-34(2,3)18-27(43)31(26)30/h4-16,30,40H,17-18,38H2,1-3H3. The van der Waals surface area contributed by atoms with E-state index in [1.165, 1.54) is 12.1 Å². The second-order valence-corrected chi connectivity index (χ2v) is 12.1. The van der Waals surface area contributed by atoms with Crippen molar-refractivity contribution in [3.05, 3.63) is 124 Å². The van der Waals surface area contributed by atoms with E-state index in [1.807, 2.05) is 44.2 Å². The number of nitrogens with one attached hydrogen (secondary N) is 1. The molecule has 2 aliphatic rings. The lowest BCUT2D eigenvalue weighted by molar-refractivity contribution is -0.118. The third-order valence-electron chi connectivity index (χ3n) is 7.86. The van der Waals surface area contributed by atoms with E-state index >= 15 is 0 Å². The zero-order valence-corrected chi connectivity index (χ0v) is 25.2. The van der Waals surface area contributed by atoms with Crippen molar-refractivity contribution >= 4 is 23.1 Å². The van der Waals surface area contributed by atoms with Crippen LogP contribution in [0.25, 0.3) is 5.69 Å². The fourth-order valence-electron chi connectivity index (χ4n) is 5.90. The number of nitriles is 1.